The molecule has 0 saturated heterocycles. The summed E-state index contributed by atoms with van der Waals surface area (Å²) in [5.74, 6) is -0.475. The van der Waals surface area contributed by atoms with Gasteiger partial charge in [0, 0.05) is 17.3 Å². The minimum Gasteiger partial charge on any atom is -0.325 e. The van der Waals surface area contributed by atoms with Gasteiger partial charge in [0.15, 0.2) is 0 Å². The number of benzene rings is 2. The van der Waals surface area contributed by atoms with Crippen molar-refractivity contribution in [2.24, 2.45) is 0 Å². The molecular weight excluding hydrogens is 291 g/mol. The van der Waals surface area contributed by atoms with Gasteiger partial charge in [-0.2, -0.15) is 0 Å². The molecule has 1 amide bonds. The number of likely N-dealkylation sites (N-methyl/N-ethyl adjacent to an activating group) is 1. The Morgan fingerprint density at radius 3 is 2.62 bits per heavy atom. The Balaban J connectivity index is 1.86. The lowest BCUT2D eigenvalue weighted by atomic mass is 10.2. The number of nitrogens with one attached hydrogen (secondary N) is 1. The van der Waals surface area contributed by atoms with Crippen LogP contribution >= 0.6 is 11.6 Å². The maximum Gasteiger partial charge on any atom is 0.238 e. The molecule has 110 valence electrons. The van der Waals surface area contributed by atoms with Crippen LogP contribution in [0.3, 0.4) is 0 Å². The molecule has 0 aromatic heterocycles. The number of carbonyl (C=O) groups excluding carboxylic acids is 1. The first-order chi connectivity index (χ1) is 10.0. The Morgan fingerprint density at radius 2 is 1.95 bits per heavy atom. The van der Waals surface area contributed by atoms with Crippen molar-refractivity contribution in [2.75, 3.05) is 18.9 Å². The van der Waals surface area contributed by atoms with E-state index in [1.807, 2.05) is 36.2 Å². The van der Waals surface area contributed by atoms with Gasteiger partial charge in [-0.1, -0.05) is 23.7 Å². The molecule has 1 N–H and O–H groups in total. The Kier molecular flexibility index (Phi) is 5.31. The molecule has 0 fully saturated rings. The average molecular weight is 307 g/mol. The third kappa shape index (κ3) is 5.17. The highest BCUT2D eigenvalue weighted by atomic mass is 35.5. The highest BCUT2D eigenvalue weighted by Gasteiger charge is 2.08. The second-order valence-corrected chi connectivity index (χ2v) is 5.29. The zero-order valence-electron chi connectivity index (χ0n) is 11.6. The Hall–Kier alpha value is -1.91. The minimum absolute atomic E-state index is 0.147. The molecule has 2 rings (SSSR count). The zero-order chi connectivity index (χ0) is 15.2. The molecule has 21 heavy (non-hydrogen) atoms. The molecule has 5 heteroatoms. The molecule has 0 radical (unpaired) electrons. The van der Waals surface area contributed by atoms with Crippen molar-refractivity contribution < 1.29 is 9.18 Å². The fraction of sp³-hybridized carbons (Fsp3) is 0.188. The van der Waals surface area contributed by atoms with Gasteiger partial charge < -0.3 is 5.32 Å². The lowest BCUT2D eigenvalue weighted by Crippen LogP contribution is -2.29. The quantitative estimate of drug-likeness (QED) is 0.916. The molecule has 0 aliphatic carbocycles. The number of hydrogen-bond acceptors (Lipinski definition) is 2. The fourth-order valence-electron chi connectivity index (χ4n) is 1.98. The van der Waals surface area contributed by atoms with Crippen molar-refractivity contribution in [2.45, 2.75) is 6.54 Å². The van der Waals surface area contributed by atoms with Gasteiger partial charge in [-0.05, 0) is 49.0 Å². The van der Waals surface area contributed by atoms with Crippen LogP contribution in [0.15, 0.2) is 48.5 Å². The van der Waals surface area contributed by atoms with E-state index < -0.39 is 0 Å². The third-order valence-electron chi connectivity index (χ3n) is 2.88. The summed E-state index contributed by atoms with van der Waals surface area (Å²) < 4.78 is 12.8. The van der Waals surface area contributed by atoms with Crippen LogP contribution in [0.5, 0.6) is 0 Å². The van der Waals surface area contributed by atoms with Gasteiger partial charge in [-0.25, -0.2) is 4.39 Å². The van der Waals surface area contributed by atoms with Crippen molar-refractivity contribution >= 4 is 23.2 Å². The van der Waals surface area contributed by atoms with E-state index in [1.54, 1.807) is 0 Å². The van der Waals surface area contributed by atoms with Gasteiger partial charge in [0.05, 0.1) is 6.54 Å². The molecule has 0 aliphatic heterocycles. The third-order valence-corrected chi connectivity index (χ3v) is 3.12. The minimum atomic E-state index is -0.328. The number of carbonyl (C=O) groups is 1. The molecular formula is C16H16ClFN2O. The van der Waals surface area contributed by atoms with E-state index in [1.165, 1.54) is 24.3 Å². The van der Waals surface area contributed by atoms with Gasteiger partial charge >= 0.3 is 0 Å². The van der Waals surface area contributed by atoms with Gasteiger partial charge in [0.1, 0.15) is 5.82 Å². The van der Waals surface area contributed by atoms with Crippen LogP contribution in [-0.4, -0.2) is 24.4 Å². The van der Waals surface area contributed by atoms with Crippen LogP contribution in [0, 0.1) is 5.82 Å². The first-order valence-corrected chi connectivity index (χ1v) is 6.89. The van der Waals surface area contributed by atoms with Crippen molar-refractivity contribution in [3.63, 3.8) is 0 Å². The van der Waals surface area contributed by atoms with Crippen molar-refractivity contribution in [1.82, 2.24) is 4.90 Å². The number of amides is 1. The SMILES string of the molecule is CN(CC(=O)Nc1ccc(F)cc1)Cc1cccc(Cl)c1. The molecule has 0 bridgehead atoms. The summed E-state index contributed by atoms with van der Waals surface area (Å²) in [4.78, 5) is 13.8. The van der Waals surface area contributed by atoms with Crippen LogP contribution in [0.4, 0.5) is 10.1 Å². The molecule has 2 aromatic carbocycles. The largest absolute Gasteiger partial charge is 0.325 e. The first kappa shape index (κ1) is 15.5. The number of halogens is 2. The summed E-state index contributed by atoms with van der Waals surface area (Å²) in [5.41, 5.74) is 1.62. The summed E-state index contributed by atoms with van der Waals surface area (Å²) >= 11 is 5.93. The molecule has 0 spiro atoms. The van der Waals surface area contributed by atoms with E-state index >= 15 is 0 Å². The maximum atomic E-state index is 12.8. The Labute approximate surface area is 128 Å². The number of hydrogen-bond donors (Lipinski definition) is 1. The lowest BCUT2D eigenvalue weighted by Gasteiger charge is -2.16. The summed E-state index contributed by atoms with van der Waals surface area (Å²) in [6, 6.07) is 13.2. The fourth-order valence-corrected chi connectivity index (χ4v) is 2.19. The monoisotopic (exact) mass is 306 g/mol. The van der Waals surface area contributed by atoms with Gasteiger partial charge in [0.25, 0.3) is 0 Å². The van der Waals surface area contributed by atoms with Crippen LogP contribution in [-0.2, 0) is 11.3 Å². The number of rotatable bonds is 5. The van der Waals surface area contributed by atoms with E-state index in [9.17, 15) is 9.18 Å². The van der Waals surface area contributed by atoms with Crippen LogP contribution < -0.4 is 5.32 Å². The van der Waals surface area contributed by atoms with E-state index in [4.69, 9.17) is 11.6 Å². The molecule has 0 saturated carbocycles. The summed E-state index contributed by atoms with van der Waals surface area (Å²) in [7, 11) is 1.85. The lowest BCUT2D eigenvalue weighted by molar-refractivity contribution is -0.117. The number of anilines is 1. The van der Waals surface area contributed by atoms with E-state index in [-0.39, 0.29) is 18.3 Å². The van der Waals surface area contributed by atoms with Crippen molar-refractivity contribution in [1.29, 1.82) is 0 Å². The van der Waals surface area contributed by atoms with E-state index in [2.05, 4.69) is 5.32 Å². The summed E-state index contributed by atoms with van der Waals surface area (Å²) in [5, 5.41) is 3.40. The zero-order valence-corrected chi connectivity index (χ0v) is 12.4. The first-order valence-electron chi connectivity index (χ1n) is 6.51. The van der Waals surface area contributed by atoms with Crippen LogP contribution in [0.25, 0.3) is 0 Å². The summed E-state index contributed by atoms with van der Waals surface area (Å²) in [6.07, 6.45) is 0. The van der Waals surface area contributed by atoms with Crippen LogP contribution in [0.2, 0.25) is 5.02 Å². The molecule has 0 aliphatic rings. The second kappa shape index (κ2) is 7.20. The predicted octanol–water partition coefficient (Wildman–Crippen LogP) is 3.55. The maximum absolute atomic E-state index is 12.8. The highest BCUT2D eigenvalue weighted by Crippen LogP contribution is 2.12. The smallest absolute Gasteiger partial charge is 0.238 e. The molecule has 0 heterocycles. The van der Waals surface area contributed by atoms with Gasteiger partial charge in [0.2, 0.25) is 5.91 Å². The predicted molar refractivity (Wildman–Crippen MR) is 82.8 cm³/mol. The van der Waals surface area contributed by atoms with Crippen LogP contribution in [0.1, 0.15) is 5.56 Å². The Morgan fingerprint density at radius 1 is 1.24 bits per heavy atom. The molecule has 0 unspecified atom stereocenters. The topological polar surface area (TPSA) is 32.3 Å². The van der Waals surface area contributed by atoms with Crippen molar-refractivity contribution in [3.8, 4) is 0 Å². The van der Waals surface area contributed by atoms with E-state index in [0.29, 0.717) is 17.3 Å². The summed E-state index contributed by atoms with van der Waals surface area (Å²) in [6.45, 7) is 0.862. The molecule has 0 atom stereocenters. The van der Waals surface area contributed by atoms with Crippen molar-refractivity contribution in [3.05, 3.63) is 64.9 Å². The Bertz CT molecular complexity index is 616. The average Bonchev–Trinajstić information content (AvgIpc) is 2.41. The standard InChI is InChI=1S/C16H16ClFN2O/c1-20(10-12-3-2-4-13(17)9-12)11-16(21)19-15-7-5-14(18)6-8-15/h2-9H,10-11H2,1H3,(H,19,21). The second-order valence-electron chi connectivity index (χ2n) is 4.86. The van der Waals surface area contributed by atoms with Gasteiger partial charge in [-0.3, -0.25) is 9.69 Å². The normalized spacial score (nSPS) is 10.7. The number of nitrogens with zero attached hydrogens (tertiary/aromatic N) is 1. The van der Waals surface area contributed by atoms with E-state index in [0.717, 1.165) is 5.56 Å². The van der Waals surface area contributed by atoms with Gasteiger partial charge in [-0.15, -0.1) is 0 Å². The molecule has 2 aromatic rings. The molecule has 3 nitrogen and oxygen atoms in total. The highest BCUT2D eigenvalue weighted by molar-refractivity contribution is 6.30.